The molecule has 3 aromatic heterocycles. The zero-order valence-corrected chi connectivity index (χ0v) is 16.8. The number of thiazole rings is 1. The van der Waals surface area contributed by atoms with Gasteiger partial charge in [-0.1, -0.05) is 22.9 Å². The van der Waals surface area contributed by atoms with Gasteiger partial charge in [0, 0.05) is 0 Å². The maximum absolute atomic E-state index is 12.4. The number of carbonyl (C=O) groups is 1. The second-order valence-corrected chi connectivity index (χ2v) is 10.2. The number of nitrogens with one attached hydrogen (secondary N) is 2. The molecule has 8 nitrogen and oxygen atoms in total. The zero-order valence-electron chi connectivity index (χ0n) is 12.7. The Balaban J connectivity index is 1.77. The molecule has 0 aliphatic rings. The van der Waals surface area contributed by atoms with E-state index < -0.39 is 10.0 Å². The molecular formula is C12H10ClN5O3S4. The number of aryl methyl sites for hydroxylation is 1. The van der Waals surface area contributed by atoms with Crippen LogP contribution in [0.1, 0.15) is 15.4 Å². The summed E-state index contributed by atoms with van der Waals surface area (Å²) in [5, 5.41) is 11.0. The highest BCUT2D eigenvalue weighted by molar-refractivity contribution is 7.92. The summed E-state index contributed by atoms with van der Waals surface area (Å²) in [6, 6.07) is 3.62. The topological polar surface area (TPSA) is 114 Å². The van der Waals surface area contributed by atoms with Crippen molar-refractivity contribution in [2.75, 3.05) is 16.3 Å². The van der Waals surface area contributed by atoms with Crippen molar-refractivity contribution in [1.82, 2.24) is 15.2 Å². The summed E-state index contributed by atoms with van der Waals surface area (Å²) in [6.07, 6.45) is 1.01. The molecular weight excluding hydrogens is 426 g/mol. The van der Waals surface area contributed by atoms with Gasteiger partial charge in [0.05, 0.1) is 21.2 Å². The van der Waals surface area contributed by atoms with Crippen LogP contribution >= 0.6 is 45.6 Å². The number of rotatable bonds is 5. The van der Waals surface area contributed by atoms with Gasteiger partial charge in [0.2, 0.25) is 20.3 Å². The lowest BCUT2D eigenvalue weighted by Crippen LogP contribution is -2.11. The monoisotopic (exact) mass is 435 g/mol. The summed E-state index contributed by atoms with van der Waals surface area (Å²) in [5.74, 6) is -0.383. The summed E-state index contributed by atoms with van der Waals surface area (Å²) in [7, 11) is -3.45. The highest BCUT2D eigenvalue weighted by Crippen LogP contribution is 2.35. The molecule has 0 unspecified atom stereocenters. The minimum absolute atomic E-state index is 0.0766. The van der Waals surface area contributed by atoms with Crippen molar-refractivity contribution in [2.45, 2.75) is 6.92 Å². The first-order chi connectivity index (χ1) is 11.7. The molecule has 0 saturated heterocycles. The normalized spacial score (nSPS) is 11.5. The van der Waals surface area contributed by atoms with Gasteiger partial charge >= 0.3 is 0 Å². The standard InChI is InChI=1S/C12H10ClN5O3S4/c1-5-8(23-10(14-5)6-3-4-7(13)22-6)9(19)15-11-16-17-12(24-11)18-25(2,20)21/h3-4H,1-2H3,(H,17,18)(H,15,16,19). The van der Waals surface area contributed by atoms with E-state index in [0.29, 0.717) is 19.9 Å². The Hall–Kier alpha value is -1.60. The molecule has 1 amide bonds. The molecule has 2 N–H and O–H groups in total. The summed E-state index contributed by atoms with van der Waals surface area (Å²) in [6.45, 7) is 1.74. The lowest BCUT2D eigenvalue weighted by molar-refractivity contribution is 0.102. The van der Waals surface area contributed by atoms with Crippen LogP contribution in [0.15, 0.2) is 12.1 Å². The number of thiophene rings is 1. The smallest absolute Gasteiger partial charge is 0.269 e. The minimum atomic E-state index is -3.45. The highest BCUT2D eigenvalue weighted by atomic mass is 35.5. The first-order valence-corrected chi connectivity index (χ1v) is 11.3. The average molecular weight is 436 g/mol. The third-order valence-corrected chi connectivity index (χ3v) is 6.71. The van der Waals surface area contributed by atoms with Gasteiger partial charge < -0.3 is 0 Å². The first kappa shape index (κ1) is 18.2. The average Bonchev–Trinajstić information content (AvgIpc) is 3.18. The fourth-order valence-corrected chi connectivity index (χ4v) is 5.30. The van der Waals surface area contributed by atoms with Gasteiger partial charge in [0.25, 0.3) is 5.91 Å². The molecule has 13 heteroatoms. The van der Waals surface area contributed by atoms with Crippen LogP contribution in [0, 0.1) is 6.92 Å². The van der Waals surface area contributed by atoms with Gasteiger partial charge in [-0.15, -0.1) is 32.9 Å². The van der Waals surface area contributed by atoms with Gasteiger partial charge in [-0.05, 0) is 19.1 Å². The van der Waals surface area contributed by atoms with Crippen LogP contribution in [-0.4, -0.2) is 35.8 Å². The molecule has 25 heavy (non-hydrogen) atoms. The van der Waals surface area contributed by atoms with Gasteiger partial charge in [-0.25, -0.2) is 13.4 Å². The molecule has 132 valence electrons. The Bertz CT molecular complexity index is 1040. The van der Waals surface area contributed by atoms with E-state index in [1.807, 2.05) is 6.07 Å². The van der Waals surface area contributed by atoms with E-state index in [0.717, 1.165) is 22.5 Å². The maximum Gasteiger partial charge on any atom is 0.269 e. The fourth-order valence-electron chi connectivity index (χ4n) is 1.77. The Kier molecular flexibility index (Phi) is 5.06. The van der Waals surface area contributed by atoms with E-state index in [1.54, 1.807) is 13.0 Å². The second-order valence-electron chi connectivity index (χ2n) is 4.78. The molecule has 0 spiro atoms. The van der Waals surface area contributed by atoms with Gasteiger partial charge in [0.1, 0.15) is 9.88 Å². The lowest BCUT2D eigenvalue weighted by Gasteiger charge is -1.98. The summed E-state index contributed by atoms with van der Waals surface area (Å²) in [4.78, 5) is 18.1. The van der Waals surface area contributed by atoms with Crippen molar-refractivity contribution < 1.29 is 13.2 Å². The first-order valence-electron chi connectivity index (χ1n) is 6.57. The van der Waals surface area contributed by atoms with E-state index in [1.165, 1.54) is 22.7 Å². The van der Waals surface area contributed by atoms with Crippen molar-refractivity contribution in [1.29, 1.82) is 0 Å². The quantitative estimate of drug-likeness (QED) is 0.635. The van der Waals surface area contributed by atoms with Crippen LogP contribution in [0.5, 0.6) is 0 Å². The van der Waals surface area contributed by atoms with Crippen molar-refractivity contribution in [2.24, 2.45) is 0 Å². The van der Waals surface area contributed by atoms with Crippen molar-refractivity contribution in [3.05, 3.63) is 27.0 Å². The van der Waals surface area contributed by atoms with E-state index in [-0.39, 0.29) is 16.2 Å². The number of aromatic nitrogens is 3. The SMILES string of the molecule is Cc1nc(-c2ccc(Cl)s2)sc1C(=O)Nc1nnc(NS(C)(=O)=O)s1. The van der Waals surface area contributed by atoms with Gasteiger partial charge in [-0.3, -0.25) is 14.8 Å². The predicted molar refractivity (Wildman–Crippen MR) is 102 cm³/mol. The number of carbonyl (C=O) groups excluding carboxylic acids is 1. The summed E-state index contributed by atoms with van der Waals surface area (Å²) >= 11 is 9.47. The molecule has 0 fully saturated rings. The second kappa shape index (κ2) is 6.96. The van der Waals surface area contributed by atoms with Gasteiger partial charge in [0.15, 0.2) is 0 Å². The van der Waals surface area contributed by atoms with Crippen LogP contribution in [0.3, 0.4) is 0 Å². The minimum Gasteiger partial charge on any atom is -0.296 e. The molecule has 0 atom stereocenters. The van der Waals surface area contributed by atoms with Crippen LogP contribution in [0.4, 0.5) is 10.3 Å². The van der Waals surface area contributed by atoms with Crippen molar-refractivity contribution in [3.63, 3.8) is 0 Å². The van der Waals surface area contributed by atoms with Crippen LogP contribution in [0.2, 0.25) is 4.34 Å². The third kappa shape index (κ3) is 4.52. The van der Waals surface area contributed by atoms with E-state index in [9.17, 15) is 13.2 Å². The zero-order chi connectivity index (χ0) is 18.2. The largest absolute Gasteiger partial charge is 0.296 e. The number of hydrogen-bond donors (Lipinski definition) is 2. The molecule has 0 radical (unpaired) electrons. The Morgan fingerprint density at radius 1 is 1.16 bits per heavy atom. The maximum atomic E-state index is 12.4. The molecule has 0 aromatic carbocycles. The number of sulfonamides is 1. The number of halogens is 1. The van der Waals surface area contributed by atoms with Crippen LogP contribution < -0.4 is 10.0 Å². The Morgan fingerprint density at radius 3 is 2.52 bits per heavy atom. The molecule has 0 bridgehead atoms. The molecule has 3 rings (SSSR count). The summed E-state index contributed by atoms with van der Waals surface area (Å²) < 4.78 is 25.2. The lowest BCUT2D eigenvalue weighted by atomic mass is 10.4. The number of amides is 1. The van der Waals surface area contributed by atoms with Crippen LogP contribution in [-0.2, 0) is 10.0 Å². The van der Waals surface area contributed by atoms with Gasteiger partial charge in [-0.2, -0.15) is 0 Å². The summed E-state index contributed by atoms with van der Waals surface area (Å²) in [5.41, 5.74) is 0.584. The molecule has 0 saturated carbocycles. The van der Waals surface area contributed by atoms with Crippen molar-refractivity contribution in [3.8, 4) is 9.88 Å². The molecule has 0 aliphatic heterocycles. The number of nitrogens with zero attached hydrogens (tertiary/aromatic N) is 3. The van der Waals surface area contributed by atoms with Crippen molar-refractivity contribution >= 4 is 71.8 Å². The fraction of sp³-hybridized carbons (Fsp3) is 0.167. The van der Waals surface area contributed by atoms with E-state index in [2.05, 4.69) is 25.2 Å². The van der Waals surface area contributed by atoms with E-state index in [4.69, 9.17) is 11.6 Å². The van der Waals surface area contributed by atoms with E-state index >= 15 is 0 Å². The number of anilines is 2. The molecule has 3 aromatic rings. The Morgan fingerprint density at radius 2 is 1.88 bits per heavy atom. The molecule has 0 aliphatic carbocycles. The Labute approximate surface area is 160 Å². The predicted octanol–water partition coefficient (Wildman–Crippen LogP) is 3.31. The number of hydrogen-bond acceptors (Lipinski definition) is 9. The van der Waals surface area contributed by atoms with Crippen LogP contribution in [0.25, 0.3) is 9.88 Å². The highest BCUT2D eigenvalue weighted by Gasteiger charge is 2.19. The molecule has 3 heterocycles. The third-order valence-electron chi connectivity index (χ3n) is 2.70.